The molecule has 0 heterocycles. The van der Waals surface area contributed by atoms with Crippen molar-refractivity contribution in [2.75, 3.05) is 13.2 Å². The van der Waals surface area contributed by atoms with Gasteiger partial charge in [0, 0.05) is 19.3 Å². The molecule has 0 rings (SSSR count). The molecule has 0 radical (unpaired) electrons. The first-order valence-corrected chi connectivity index (χ1v) is 13.5. The third-order valence-electron chi connectivity index (χ3n) is 5.61. The SMILES string of the molecule is [13CH3][13CH2][13CH2][13CH2][13CH2][13CH2][13CH2][13C](=O)O[13CH2][13CH]([13CH2]O[13C](=O)[13CH2][13CH2][13CH2][13CH2][13CH2][13CH2][13CH3])O[13C](=O)[13CH2][13CH2][13CH2][13CH2][13CH2][13CH2][13CH3]. The van der Waals surface area contributed by atoms with E-state index in [-0.39, 0.29) is 31.1 Å². The molecule has 0 fully saturated rings. The molecule has 0 aromatic carbocycles. The highest BCUT2D eigenvalue weighted by Crippen LogP contribution is 2.10. The van der Waals surface area contributed by atoms with Crippen LogP contribution in [0, 0.1) is 0 Å². The minimum atomic E-state index is -0.749. The fraction of sp³-hybridized carbons (Fsp3) is 0.889. The van der Waals surface area contributed by atoms with Crippen molar-refractivity contribution in [1.82, 2.24) is 0 Å². The van der Waals surface area contributed by atoms with Crippen molar-refractivity contribution >= 4 is 17.9 Å². The van der Waals surface area contributed by atoms with Gasteiger partial charge in [-0.3, -0.25) is 14.4 Å². The summed E-state index contributed by atoms with van der Waals surface area (Å²) in [5, 5.41) is 0. The Kier molecular flexibility index (Phi) is 22.4. The van der Waals surface area contributed by atoms with E-state index < -0.39 is 6.10 Å². The van der Waals surface area contributed by atoms with Crippen LogP contribution in [0.25, 0.3) is 0 Å². The molecule has 0 spiro atoms. The summed E-state index contributed by atoms with van der Waals surface area (Å²) in [7, 11) is 0. The molecule has 0 aliphatic carbocycles. The quantitative estimate of drug-likeness (QED) is 0.0650. The molecule has 0 saturated carbocycles. The van der Waals surface area contributed by atoms with Crippen LogP contribution in [0.4, 0.5) is 0 Å². The summed E-state index contributed by atoms with van der Waals surface area (Å²) in [6, 6.07) is 0. The lowest BCUT2D eigenvalue weighted by Gasteiger charge is -2.18. The monoisotopic (exact) mass is 497 g/mol. The van der Waals surface area contributed by atoms with Crippen LogP contribution < -0.4 is 0 Å². The van der Waals surface area contributed by atoms with Gasteiger partial charge in [0.05, 0.1) is 0 Å². The summed E-state index contributed by atoms with van der Waals surface area (Å²) in [5.41, 5.74) is 0. The van der Waals surface area contributed by atoms with E-state index >= 15 is 0 Å². The number of hydrogen-bond acceptors (Lipinski definition) is 6. The van der Waals surface area contributed by atoms with E-state index in [2.05, 4.69) is 20.8 Å². The molecule has 0 aliphatic rings. The van der Waals surface area contributed by atoms with Crippen molar-refractivity contribution in [2.45, 2.75) is 142 Å². The minimum absolute atomic E-state index is 0.0703. The Morgan fingerprint density at radius 1 is 0.485 bits per heavy atom. The van der Waals surface area contributed by atoms with Gasteiger partial charge in [0.15, 0.2) is 6.10 Å². The van der Waals surface area contributed by atoms with Crippen LogP contribution in [-0.4, -0.2) is 37.2 Å². The van der Waals surface area contributed by atoms with Gasteiger partial charge in [0.1, 0.15) is 13.2 Å². The number of carbonyl (C=O) groups excluding carboxylic acids is 3. The number of hydrogen-bond donors (Lipinski definition) is 0. The summed E-state index contributed by atoms with van der Waals surface area (Å²) in [6.45, 7) is 6.32. The van der Waals surface area contributed by atoms with E-state index in [1.807, 2.05) is 0 Å². The standard InChI is InChI=1S/C27H50O6/c1-4-7-10-13-16-19-25(28)31-22-24(33-27(30)21-18-15-12-9-6-3)23-32-26(29)20-17-14-11-8-5-2/h24H,4-23H2,1-3H3/i1+1,2+1,3+1,4+1,5+1,6+1,7+1,8+1,9+1,10+1,11+1,12+1,13+1,14+1,15+1,16+1,17+1,18+1,19+1,20+1,21+1,22+1,23+1,24+1,25+1,26+1,27+1. The largest absolute Gasteiger partial charge is 0.462 e. The zero-order valence-corrected chi connectivity index (χ0v) is 21.7. The number of ether oxygens (including phenoxy) is 3. The second-order valence-electron chi connectivity index (χ2n) is 8.97. The van der Waals surface area contributed by atoms with Crippen LogP contribution in [0.15, 0.2) is 0 Å². The smallest absolute Gasteiger partial charge is 0.306 e. The maximum Gasteiger partial charge on any atom is 0.306 e. The zero-order valence-electron chi connectivity index (χ0n) is 21.7. The van der Waals surface area contributed by atoms with Crippen LogP contribution >= 0.6 is 0 Å². The molecule has 33 heavy (non-hydrogen) atoms. The second-order valence-corrected chi connectivity index (χ2v) is 8.97. The maximum atomic E-state index is 12.2. The predicted molar refractivity (Wildman–Crippen MR) is 132 cm³/mol. The van der Waals surface area contributed by atoms with Crippen LogP contribution in [0.2, 0.25) is 0 Å². The molecular formula is C27H50O6. The van der Waals surface area contributed by atoms with E-state index in [1.165, 1.54) is 19.3 Å². The van der Waals surface area contributed by atoms with Gasteiger partial charge < -0.3 is 14.2 Å². The number of carbonyl (C=O) groups is 3. The number of unbranched alkanes of at least 4 members (excludes halogenated alkanes) is 12. The minimum Gasteiger partial charge on any atom is -0.462 e. The molecule has 0 amide bonds. The average molecular weight is 497 g/mol. The summed E-state index contributed by atoms with van der Waals surface area (Å²) in [6.07, 6.45) is 16.0. The van der Waals surface area contributed by atoms with E-state index in [1.54, 1.807) is 0 Å². The summed E-state index contributed by atoms with van der Waals surface area (Å²) in [5.74, 6) is -0.925. The van der Waals surface area contributed by atoms with Crippen molar-refractivity contribution in [3.05, 3.63) is 0 Å². The zero-order chi connectivity index (χ0) is 24.6. The fourth-order valence-electron chi connectivity index (χ4n) is 3.50. The molecule has 0 saturated heterocycles. The summed E-state index contributed by atoms with van der Waals surface area (Å²) < 4.78 is 16.1. The Bertz CT molecular complexity index is 461. The molecule has 0 unspecified atom stereocenters. The van der Waals surface area contributed by atoms with E-state index in [0.717, 1.165) is 77.0 Å². The van der Waals surface area contributed by atoms with Gasteiger partial charge in [-0.25, -0.2) is 0 Å². The van der Waals surface area contributed by atoms with Gasteiger partial charge in [-0.15, -0.1) is 0 Å². The molecule has 0 bridgehead atoms. The molecular weight excluding hydrogens is 447 g/mol. The molecule has 0 aromatic rings. The third kappa shape index (κ3) is 22.0. The van der Waals surface area contributed by atoms with E-state index in [4.69, 9.17) is 14.2 Å². The first-order valence-electron chi connectivity index (χ1n) is 13.5. The van der Waals surface area contributed by atoms with Gasteiger partial charge in [-0.2, -0.15) is 0 Å². The predicted octanol–water partition coefficient (Wildman–Crippen LogP) is 7.07. The Morgan fingerprint density at radius 2 is 0.818 bits per heavy atom. The first kappa shape index (κ1) is 31.4. The number of rotatable bonds is 23. The first-order chi connectivity index (χ1) is 16.0. The van der Waals surface area contributed by atoms with Crippen molar-refractivity contribution in [1.29, 1.82) is 0 Å². The van der Waals surface area contributed by atoms with E-state index in [0.29, 0.717) is 19.3 Å². The molecule has 6 nitrogen and oxygen atoms in total. The topological polar surface area (TPSA) is 78.9 Å². The average Bonchev–Trinajstić information content (AvgIpc) is 2.80. The lowest BCUT2D eigenvalue weighted by atomic mass is 11.1. The molecule has 0 aliphatic heterocycles. The lowest BCUT2D eigenvalue weighted by molar-refractivity contribution is -0.167. The van der Waals surface area contributed by atoms with Crippen LogP contribution in [-0.2, 0) is 28.6 Å². The summed E-state index contributed by atoms with van der Waals surface area (Å²) in [4.78, 5) is 36.3. The Balaban J connectivity index is 4.37. The van der Waals surface area contributed by atoms with Crippen molar-refractivity contribution in [2.24, 2.45) is 0 Å². The lowest BCUT2D eigenvalue weighted by Crippen LogP contribution is -2.30. The van der Waals surface area contributed by atoms with Gasteiger partial charge >= 0.3 is 17.9 Å². The third-order valence-corrected chi connectivity index (χ3v) is 5.61. The van der Waals surface area contributed by atoms with Crippen LogP contribution in [0.1, 0.15) is 136 Å². The Morgan fingerprint density at radius 3 is 1.18 bits per heavy atom. The van der Waals surface area contributed by atoms with Crippen molar-refractivity contribution in [3.8, 4) is 0 Å². The molecule has 0 atom stereocenters. The highest BCUT2D eigenvalue weighted by molar-refractivity contribution is 5.71. The van der Waals surface area contributed by atoms with Gasteiger partial charge in [0.25, 0.3) is 0 Å². The maximum absolute atomic E-state index is 12.2. The van der Waals surface area contributed by atoms with Gasteiger partial charge in [-0.1, -0.05) is 97.8 Å². The van der Waals surface area contributed by atoms with E-state index in [9.17, 15) is 14.4 Å². The molecule has 0 N–H and O–H groups in total. The van der Waals surface area contributed by atoms with Gasteiger partial charge in [-0.05, 0) is 19.3 Å². The Labute approximate surface area is 202 Å². The molecule has 194 valence electrons. The van der Waals surface area contributed by atoms with Crippen LogP contribution in [0.5, 0.6) is 0 Å². The highest BCUT2D eigenvalue weighted by atomic mass is 16.8. The number of esters is 3. The highest BCUT2D eigenvalue weighted by Gasteiger charge is 2.19. The summed E-state index contributed by atoms with van der Waals surface area (Å²) >= 11 is 0. The van der Waals surface area contributed by atoms with Gasteiger partial charge in [0.2, 0.25) is 0 Å². The second kappa shape index (κ2) is 23.6. The fourth-order valence-corrected chi connectivity index (χ4v) is 3.50. The molecule has 6 heteroatoms. The van der Waals surface area contributed by atoms with Crippen molar-refractivity contribution in [3.63, 3.8) is 0 Å². The van der Waals surface area contributed by atoms with Crippen molar-refractivity contribution < 1.29 is 28.6 Å². The Hall–Kier alpha value is -1.59. The van der Waals surface area contributed by atoms with Crippen LogP contribution in [0.3, 0.4) is 0 Å². The normalized spacial score (nSPS) is 10.9. The molecule has 0 aromatic heterocycles.